The third kappa shape index (κ3) is 4.05. The van der Waals surface area contributed by atoms with Crippen LogP contribution in [0.1, 0.15) is 0 Å². The van der Waals surface area contributed by atoms with Gasteiger partial charge in [0.05, 0.1) is 10.2 Å². The SMILES string of the molecule is O=C(COc1ccc(F)c(Br)c1)Nc1ccccc1Br. The van der Waals surface area contributed by atoms with Gasteiger partial charge in [0, 0.05) is 4.47 Å². The number of benzene rings is 2. The van der Waals surface area contributed by atoms with Crippen LogP contribution in [0.25, 0.3) is 0 Å². The minimum atomic E-state index is -0.380. The smallest absolute Gasteiger partial charge is 0.262 e. The standard InChI is InChI=1S/C14H10Br2FNO2/c15-10-3-1-2-4-13(10)18-14(19)8-20-9-5-6-12(17)11(16)7-9/h1-7H,8H2,(H,18,19). The molecule has 0 spiro atoms. The van der Waals surface area contributed by atoms with Gasteiger partial charge in [-0.1, -0.05) is 12.1 Å². The molecule has 0 fully saturated rings. The van der Waals surface area contributed by atoms with Crippen molar-refractivity contribution in [3.63, 3.8) is 0 Å². The van der Waals surface area contributed by atoms with Gasteiger partial charge in [-0.15, -0.1) is 0 Å². The van der Waals surface area contributed by atoms with Crippen LogP contribution in [-0.4, -0.2) is 12.5 Å². The van der Waals surface area contributed by atoms with Gasteiger partial charge in [0.25, 0.3) is 5.91 Å². The Hall–Kier alpha value is -1.40. The molecule has 1 N–H and O–H groups in total. The van der Waals surface area contributed by atoms with E-state index in [1.807, 2.05) is 18.2 Å². The number of hydrogen-bond donors (Lipinski definition) is 1. The topological polar surface area (TPSA) is 38.3 Å². The van der Waals surface area contributed by atoms with Crippen molar-refractivity contribution < 1.29 is 13.9 Å². The fourth-order valence-corrected chi connectivity index (χ4v) is 2.21. The summed E-state index contributed by atoms with van der Waals surface area (Å²) in [6.45, 7) is -0.153. The molecule has 104 valence electrons. The van der Waals surface area contributed by atoms with Crippen molar-refractivity contribution in [3.05, 3.63) is 57.2 Å². The van der Waals surface area contributed by atoms with E-state index < -0.39 is 0 Å². The highest BCUT2D eigenvalue weighted by atomic mass is 79.9. The molecule has 2 rings (SSSR count). The molecule has 0 bridgehead atoms. The van der Waals surface area contributed by atoms with E-state index >= 15 is 0 Å². The number of ether oxygens (including phenoxy) is 1. The van der Waals surface area contributed by atoms with E-state index in [4.69, 9.17) is 4.74 Å². The predicted octanol–water partition coefficient (Wildman–Crippen LogP) is 4.37. The van der Waals surface area contributed by atoms with Crippen LogP contribution in [0.2, 0.25) is 0 Å². The Balaban J connectivity index is 1.92. The van der Waals surface area contributed by atoms with E-state index in [2.05, 4.69) is 37.2 Å². The Bertz CT molecular complexity index is 634. The molecular formula is C14H10Br2FNO2. The maximum Gasteiger partial charge on any atom is 0.262 e. The Labute approximate surface area is 132 Å². The molecule has 0 unspecified atom stereocenters. The zero-order valence-electron chi connectivity index (χ0n) is 10.2. The zero-order chi connectivity index (χ0) is 14.5. The van der Waals surface area contributed by atoms with E-state index in [0.717, 1.165) is 4.47 Å². The van der Waals surface area contributed by atoms with Gasteiger partial charge in [0.15, 0.2) is 6.61 Å². The molecule has 2 aromatic rings. The number of nitrogens with one attached hydrogen (secondary N) is 1. The van der Waals surface area contributed by atoms with Crippen LogP contribution < -0.4 is 10.1 Å². The number of para-hydroxylation sites is 1. The van der Waals surface area contributed by atoms with Crippen molar-refractivity contribution in [2.24, 2.45) is 0 Å². The van der Waals surface area contributed by atoms with Gasteiger partial charge in [-0.05, 0) is 62.2 Å². The quantitative estimate of drug-likeness (QED) is 0.824. The van der Waals surface area contributed by atoms with Crippen molar-refractivity contribution in [1.29, 1.82) is 0 Å². The first kappa shape index (κ1) is 15.0. The molecule has 2 aromatic carbocycles. The number of amides is 1. The second-order valence-electron chi connectivity index (χ2n) is 3.89. The molecule has 0 aromatic heterocycles. The van der Waals surface area contributed by atoms with Gasteiger partial charge >= 0.3 is 0 Å². The van der Waals surface area contributed by atoms with Gasteiger partial charge in [-0.2, -0.15) is 0 Å². The number of rotatable bonds is 4. The largest absolute Gasteiger partial charge is 0.484 e. The van der Waals surface area contributed by atoms with Crippen LogP contribution in [-0.2, 0) is 4.79 Å². The summed E-state index contributed by atoms with van der Waals surface area (Å²) in [6.07, 6.45) is 0. The highest BCUT2D eigenvalue weighted by molar-refractivity contribution is 9.10. The molecule has 0 atom stereocenters. The van der Waals surface area contributed by atoms with E-state index in [1.165, 1.54) is 18.2 Å². The summed E-state index contributed by atoms with van der Waals surface area (Å²) in [7, 11) is 0. The Morgan fingerprint density at radius 2 is 1.90 bits per heavy atom. The van der Waals surface area contributed by atoms with Crippen LogP contribution in [0.5, 0.6) is 5.75 Å². The highest BCUT2D eigenvalue weighted by Crippen LogP contribution is 2.22. The molecule has 20 heavy (non-hydrogen) atoms. The molecule has 3 nitrogen and oxygen atoms in total. The molecule has 1 amide bonds. The van der Waals surface area contributed by atoms with Crippen LogP contribution in [0.3, 0.4) is 0 Å². The fourth-order valence-electron chi connectivity index (χ4n) is 1.46. The Morgan fingerprint density at radius 1 is 1.15 bits per heavy atom. The van der Waals surface area contributed by atoms with Crippen molar-refractivity contribution >= 4 is 43.5 Å². The summed E-state index contributed by atoms with van der Waals surface area (Å²) < 4.78 is 19.4. The van der Waals surface area contributed by atoms with Crippen molar-refractivity contribution in [2.75, 3.05) is 11.9 Å². The average molecular weight is 403 g/mol. The predicted molar refractivity (Wildman–Crippen MR) is 82.4 cm³/mol. The Kier molecular flexibility index (Phi) is 5.14. The molecule has 0 aliphatic heterocycles. The minimum Gasteiger partial charge on any atom is -0.484 e. The lowest BCUT2D eigenvalue weighted by atomic mass is 10.3. The van der Waals surface area contributed by atoms with Crippen LogP contribution in [0, 0.1) is 5.82 Å². The summed E-state index contributed by atoms with van der Waals surface area (Å²) in [6, 6.07) is 11.5. The monoisotopic (exact) mass is 401 g/mol. The van der Waals surface area contributed by atoms with Gasteiger partial charge in [0.1, 0.15) is 11.6 Å². The zero-order valence-corrected chi connectivity index (χ0v) is 13.4. The third-order valence-corrected chi connectivity index (χ3v) is 3.71. The summed E-state index contributed by atoms with van der Waals surface area (Å²) in [5.74, 6) is -0.257. The first-order chi connectivity index (χ1) is 9.56. The summed E-state index contributed by atoms with van der Waals surface area (Å²) in [4.78, 5) is 11.7. The van der Waals surface area contributed by atoms with Crippen molar-refractivity contribution in [1.82, 2.24) is 0 Å². The lowest BCUT2D eigenvalue weighted by Crippen LogP contribution is -2.20. The summed E-state index contributed by atoms with van der Waals surface area (Å²) >= 11 is 6.39. The van der Waals surface area contributed by atoms with Crippen LogP contribution in [0.4, 0.5) is 10.1 Å². The summed E-state index contributed by atoms with van der Waals surface area (Å²) in [5.41, 5.74) is 0.668. The van der Waals surface area contributed by atoms with Gasteiger partial charge in [-0.25, -0.2) is 4.39 Å². The van der Waals surface area contributed by atoms with E-state index in [1.54, 1.807) is 6.07 Å². The number of hydrogen-bond acceptors (Lipinski definition) is 2. The second-order valence-corrected chi connectivity index (χ2v) is 5.60. The second kappa shape index (κ2) is 6.85. The summed E-state index contributed by atoms with van der Waals surface area (Å²) in [5, 5.41) is 2.71. The first-order valence-corrected chi connectivity index (χ1v) is 7.27. The van der Waals surface area contributed by atoms with E-state index in [-0.39, 0.29) is 18.3 Å². The minimum absolute atomic E-state index is 0.153. The number of carbonyl (C=O) groups is 1. The van der Waals surface area contributed by atoms with Gasteiger partial charge in [0.2, 0.25) is 0 Å². The molecule has 0 aliphatic carbocycles. The van der Waals surface area contributed by atoms with Gasteiger partial charge < -0.3 is 10.1 Å². The molecule has 0 saturated heterocycles. The lowest BCUT2D eigenvalue weighted by molar-refractivity contribution is -0.118. The first-order valence-electron chi connectivity index (χ1n) is 5.68. The van der Waals surface area contributed by atoms with Gasteiger partial charge in [-0.3, -0.25) is 4.79 Å². The Morgan fingerprint density at radius 3 is 2.60 bits per heavy atom. The third-order valence-electron chi connectivity index (χ3n) is 2.41. The van der Waals surface area contributed by atoms with Crippen molar-refractivity contribution in [3.8, 4) is 5.75 Å². The molecule has 0 heterocycles. The maximum absolute atomic E-state index is 13.0. The molecule has 0 saturated carbocycles. The molecule has 0 radical (unpaired) electrons. The normalized spacial score (nSPS) is 10.2. The molecule has 6 heteroatoms. The van der Waals surface area contributed by atoms with E-state index in [0.29, 0.717) is 15.9 Å². The highest BCUT2D eigenvalue weighted by Gasteiger charge is 2.07. The fraction of sp³-hybridized carbons (Fsp3) is 0.0714. The average Bonchev–Trinajstić information content (AvgIpc) is 2.43. The van der Waals surface area contributed by atoms with Crippen LogP contribution in [0.15, 0.2) is 51.4 Å². The number of carbonyl (C=O) groups excluding carboxylic acids is 1. The maximum atomic E-state index is 13.0. The van der Waals surface area contributed by atoms with Crippen molar-refractivity contribution in [2.45, 2.75) is 0 Å². The molecule has 0 aliphatic rings. The van der Waals surface area contributed by atoms with E-state index in [9.17, 15) is 9.18 Å². The number of anilines is 1. The molecular weight excluding hydrogens is 393 g/mol. The lowest BCUT2D eigenvalue weighted by Gasteiger charge is -2.09. The number of halogens is 3. The van der Waals surface area contributed by atoms with Crippen LogP contribution >= 0.6 is 31.9 Å².